The molecule has 0 unspecified atom stereocenters. The molecular formula is C17H12ClF3N4O. The van der Waals surface area contributed by atoms with E-state index in [-0.39, 0.29) is 5.69 Å². The maximum atomic E-state index is 13.5. The molecule has 0 aliphatic carbocycles. The van der Waals surface area contributed by atoms with Gasteiger partial charge in [0, 0.05) is 10.7 Å². The summed E-state index contributed by atoms with van der Waals surface area (Å²) in [6.07, 6.45) is -3.78. The van der Waals surface area contributed by atoms with E-state index in [4.69, 9.17) is 11.6 Å². The van der Waals surface area contributed by atoms with Crippen molar-refractivity contribution in [2.45, 2.75) is 6.18 Å². The van der Waals surface area contributed by atoms with E-state index in [1.807, 2.05) is 0 Å². The molecule has 26 heavy (non-hydrogen) atoms. The van der Waals surface area contributed by atoms with Gasteiger partial charge in [-0.05, 0) is 36.4 Å². The van der Waals surface area contributed by atoms with Crippen LogP contribution in [0.2, 0.25) is 5.02 Å². The number of rotatable bonds is 3. The van der Waals surface area contributed by atoms with Gasteiger partial charge in [0.1, 0.15) is 0 Å². The fourth-order valence-corrected chi connectivity index (χ4v) is 2.42. The molecule has 0 atom stereocenters. The maximum absolute atomic E-state index is 13.5. The quantitative estimate of drug-likeness (QED) is 0.657. The lowest BCUT2D eigenvalue weighted by Gasteiger charge is -2.13. The number of carbonyl (C=O) groups excluding carboxylic acids is 1. The maximum Gasteiger partial charge on any atom is 0.435 e. The van der Waals surface area contributed by atoms with Gasteiger partial charge in [-0.3, -0.25) is 0 Å². The summed E-state index contributed by atoms with van der Waals surface area (Å²) in [5.41, 5.74) is -0.939. The Labute approximate surface area is 151 Å². The minimum atomic E-state index is -4.73. The number of aromatic nitrogens is 2. The summed E-state index contributed by atoms with van der Waals surface area (Å²) >= 11 is 5.76. The number of amides is 2. The normalized spacial score (nSPS) is 11.2. The summed E-state index contributed by atoms with van der Waals surface area (Å²) in [5.74, 6) is 0. The molecule has 134 valence electrons. The second-order valence-corrected chi connectivity index (χ2v) is 5.67. The Bertz CT molecular complexity index is 908. The number of benzene rings is 2. The molecule has 1 aromatic heterocycles. The molecule has 0 saturated heterocycles. The average Bonchev–Trinajstić information content (AvgIpc) is 3.00. The molecule has 2 N–H and O–H groups in total. The molecule has 3 aromatic rings. The Morgan fingerprint density at radius 2 is 1.65 bits per heavy atom. The Balaban J connectivity index is 1.90. The van der Waals surface area contributed by atoms with Crippen LogP contribution >= 0.6 is 11.6 Å². The lowest BCUT2D eigenvalue weighted by Crippen LogP contribution is -2.22. The Morgan fingerprint density at radius 1 is 1.00 bits per heavy atom. The van der Waals surface area contributed by atoms with Crippen molar-refractivity contribution in [2.24, 2.45) is 0 Å². The monoisotopic (exact) mass is 380 g/mol. The van der Waals surface area contributed by atoms with Crippen molar-refractivity contribution in [2.75, 3.05) is 10.6 Å². The molecule has 1 heterocycles. The number of halogens is 4. The van der Waals surface area contributed by atoms with E-state index < -0.39 is 23.6 Å². The first-order valence-corrected chi connectivity index (χ1v) is 7.76. The van der Waals surface area contributed by atoms with Crippen molar-refractivity contribution in [1.29, 1.82) is 0 Å². The van der Waals surface area contributed by atoms with Gasteiger partial charge in [0.05, 0.1) is 17.6 Å². The summed E-state index contributed by atoms with van der Waals surface area (Å²) < 4.78 is 41.3. The topological polar surface area (TPSA) is 59.0 Å². The fraction of sp³-hybridized carbons (Fsp3) is 0.0588. The Morgan fingerprint density at radius 3 is 2.27 bits per heavy atom. The van der Waals surface area contributed by atoms with Crippen LogP contribution in [0, 0.1) is 0 Å². The highest BCUT2D eigenvalue weighted by molar-refractivity contribution is 6.30. The molecule has 0 radical (unpaired) electrons. The molecule has 0 aliphatic heterocycles. The van der Waals surface area contributed by atoms with Crippen LogP contribution in [-0.2, 0) is 6.18 Å². The minimum absolute atomic E-state index is 0.165. The first-order valence-electron chi connectivity index (χ1n) is 7.39. The van der Waals surface area contributed by atoms with E-state index in [0.29, 0.717) is 15.4 Å². The third kappa shape index (κ3) is 3.97. The molecular weight excluding hydrogens is 369 g/mol. The van der Waals surface area contributed by atoms with Crippen molar-refractivity contribution in [1.82, 2.24) is 9.78 Å². The van der Waals surface area contributed by atoms with E-state index in [1.165, 1.54) is 24.3 Å². The number of urea groups is 1. The van der Waals surface area contributed by atoms with Crippen LogP contribution in [0.4, 0.5) is 29.3 Å². The number of carbonyl (C=O) groups is 1. The summed E-state index contributed by atoms with van der Waals surface area (Å²) in [5, 5.41) is 8.78. The smallest absolute Gasteiger partial charge is 0.308 e. The lowest BCUT2D eigenvalue weighted by molar-refractivity contribution is -0.142. The number of para-hydroxylation sites is 1. The van der Waals surface area contributed by atoms with E-state index in [9.17, 15) is 18.0 Å². The highest BCUT2D eigenvalue weighted by Gasteiger charge is 2.39. The first kappa shape index (κ1) is 17.8. The van der Waals surface area contributed by atoms with E-state index in [0.717, 1.165) is 6.20 Å². The molecule has 0 fully saturated rings. The van der Waals surface area contributed by atoms with Crippen LogP contribution in [0.3, 0.4) is 0 Å². The van der Waals surface area contributed by atoms with Crippen LogP contribution in [0.25, 0.3) is 5.69 Å². The van der Waals surface area contributed by atoms with Crippen molar-refractivity contribution in [3.63, 3.8) is 0 Å². The number of nitrogens with one attached hydrogen (secondary N) is 2. The highest BCUT2D eigenvalue weighted by atomic mass is 35.5. The third-order valence-electron chi connectivity index (χ3n) is 3.39. The van der Waals surface area contributed by atoms with Gasteiger partial charge >= 0.3 is 12.2 Å². The number of alkyl halides is 3. The molecule has 2 amide bonds. The standard InChI is InChI=1S/C17H12ClF3N4O/c18-11-6-8-13(9-7-11)25-15(17(19,20)21)14(10-22-25)24-16(26)23-12-4-2-1-3-5-12/h1-10H,(H2,23,24,26). The van der Waals surface area contributed by atoms with Crippen molar-refractivity contribution < 1.29 is 18.0 Å². The second kappa shape index (κ2) is 7.09. The lowest BCUT2D eigenvalue weighted by atomic mass is 10.3. The minimum Gasteiger partial charge on any atom is -0.308 e. The number of hydrogen-bond acceptors (Lipinski definition) is 2. The van der Waals surface area contributed by atoms with Gasteiger partial charge in [-0.2, -0.15) is 18.3 Å². The van der Waals surface area contributed by atoms with Crippen LogP contribution in [0.1, 0.15) is 5.69 Å². The van der Waals surface area contributed by atoms with Gasteiger partial charge in [0.15, 0.2) is 5.69 Å². The summed E-state index contributed by atoms with van der Waals surface area (Å²) in [6, 6.07) is 13.3. The van der Waals surface area contributed by atoms with Crippen LogP contribution in [0.5, 0.6) is 0 Å². The zero-order valence-corrected chi connectivity index (χ0v) is 13.8. The van der Waals surface area contributed by atoms with Gasteiger partial charge in [-0.15, -0.1) is 0 Å². The van der Waals surface area contributed by atoms with Gasteiger partial charge in [0.25, 0.3) is 0 Å². The van der Waals surface area contributed by atoms with Crippen LogP contribution < -0.4 is 10.6 Å². The Kier molecular flexibility index (Phi) is 4.85. The van der Waals surface area contributed by atoms with Gasteiger partial charge in [-0.1, -0.05) is 29.8 Å². The molecule has 0 bridgehead atoms. The van der Waals surface area contributed by atoms with E-state index >= 15 is 0 Å². The zero-order chi connectivity index (χ0) is 18.7. The summed E-state index contributed by atoms with van der Waals surface area (Å²) in [7, 11) is 0. The molecule has 0 spiro atoms. The average molecular weight is 381 g/mol. The number of hydrogen-bond donors (Lipinski definition) is 2. The zero-order valence-electron chi connectivity index (χ0n) is 13.1. The van der Waals surface area contributed by atoms with Crippen molar-refractivity contribution in [3.8, 4) is 5.69 Å². The van der Waals surface area contributed by atoms with Crippen molar-refractivity contribution in [3.05, 3.63) is 71.5 Å². The first-order chi connectivity index (χ1) is 12.3. The highest BCUT2D eigenvalue weighted by Crippen LogP contribution is 2.36. The largest absolute Gasteiger partial charge is 0.435 e. The molecule has 2 aromatic carbocycles. The van der Waals surface area contributed by atoms with Gasteiger partial charge in [0.2, 0.25) is 0 Å². The molecule has 0 aliphatic rings. The Hall–Kier alpha value is -3.00. The predicted octanol–water partition coefficient (Wildman–Crippen LogP) is 5.19. The van der Waals surface area contributed by atoms with Crippen molar-refractivity contribution >= 4 is 29.0 Å². The van der Waals surface area contributed by atoms with Gasteiger partial charge in [-0.25, -0.2) is 9.48 Å². The molecule has 5 nitrogen and oxygen atoms in total. The number of nitrogens with zero attached hydrogens (tertiary/aromatic N) is 2. The van der Waals surface area contributed by atoms with E-state index in [2.05, 4.69) is 15.7 Å². The van der Waals surface area contributed by atoms with Crippen LogP contribution in [0.15, 0.2) is 60.8 Å². The predicted molar refractivity (Wildman–Crippen MR) is 92.7 cm³/mol. The fourth-order valence-electron chi connectivity index (χ4n) is 2.30. The summed E-state index contributed by atoms with van der Waals surface area (Å²) in [6.45, 7) is 0. The SMILES string of the molecule is O=C(Nc1ccccc1)Nc1cnn(-c2ccc(Cl)cc2)c1C(F)(F)F. The number of anilines is 2. The molecule has 0 saturated carbocycles. The van der Waals surface area contributed by atoms with Crippen LogP contribution in [-0.4, -0.2) is 15.8 Å². The second-order valence-electron chi connectivity index (χ2n) is 5.24. The molecule has 3 rings (SSSR count). The van der Waals surface area contributed by atoms with Gasteiger partial charge < -0.3 is 10.6 Å². The summed E-state index contributed by atoms with van der Waals surface area (Å²) in [4.78, 5) is 12.0. The van der Waals surface area contributed by atoms with E-state index in [1.54, 1.807) is 30.3 Å². The third-order valence-corrected chi connectivity index (χ3v) is 3.64. The molecule has 9 heteroatoms.